The van der Waals surface area contributed by atoms with Crippen LogP contribution in [0.4, 0.5) is 0 Å². The second-order valence-electron chi connectivity index (χ2n) is 4.65. The van der Waals surface area contributed by atoms with Gasteiger partial charge in [0, 0.05) is 12.1 Å². The number of rotatable bonds is 6. The topological polar surface area (TPSA) is 92.4 Å². The van der Waals surface area contributed by atoms with Crippen molar-refractivity contribution in [1.29, 1.82) is 0 Å². The minimum absolute atomic E-state index is 0.0749. The van der Waals surface area contributed by atoms with Gasteiger partial charge in [0.2, 0.25) is 10.0 Å². The smallest absolute Gasteiger partial charge is 0.246 e. The summed E-state index contributed by atoms with van der Waals surface area (Å²) in [7, 11) is -3.69. The molecule has 0 aliphatic carbocycles. The van der Waals surface area contributed by atoms with Gasteiger partial charge in [0.25, 0.3) is 0 Å². The van der Waals surface area contributed by atoms with Crippen molar-refractivity contribution in [3.05, 3.63) is 11.5 Å². The Kier molecular flexibility index (Phi) is 4.52. The minimum atomic E-state index is -3.69. The van der Waals surface area contributed by atoms with Gasteiger partial charge in [-0.1, -0.05) is 12.1 Å². The Morgan fingerprint density at radius 1 is 1.44 bits per heavy atom. The number of aryl methyl sites for hydroxylation is 2. The second-order valence-corrected chi connectivity index (χ2v) is 6.27. The molecule has 1 aromatic rings. The van der Waals surface area contributed by atoms with Gasteiger partial charge in [-0.05, 0) is 33.6 Å². The van der Waals surface area contributed by atoms with E-state index >= 15 is 0 Å². The highest BCUT2D eigenvalue weighted by atomic mass is 32.2. The molecule has 6 nitrogen and oxygen atoms in total. The van der Waals surface area contributed by atoms with Crippen LogP contribution in [0.25, 0.3) is 0 Å². The molecular formula is C11H20N2O4S. The largest absolute Gasteiger partial charge is 0.396 e. The highest BCUT2D eigenvalue weighted by molar-refractivity contribution is 7.89. The highest BCUT2D eigenvalue weighted by Crippen LogP contribution is 2.23. The Labute approximate surface area is 107 Å². The van der Waals surface area contributed by atoms with Gasteiger partial charge in [0.05, 0.1) is 0 Å². The van der Waals surface area contributed by atoms with Gasteiger partial charge in [-0.3, -0.25) is 0 Å². The number of hydrogen-bond donors (Lipinski definition) is 2. The molecule has 104 valence electrons. The fraction of sp³-hybridized carbons (Fsp3) is 0.727. The summed E-state index contributed by atoms with van der Waals surface area (Å²) in [5.41, 5.74) is -0.341. The van der Waals surface area contributed by atoms with Gasteiger partial charge in [-0.15, -0.1) is 0 Å². The molecule has 1 aromatic heterocycles. The van der Waals surface area contributed by atoms with E-state index in [1.165, 1.54) is 0 Å². The predicted molar refractivity (Wildman–Crippen MR) is 66.7 cm³/mol. The van der Waals surface area contributed by atoms with E-state index in [-0.39, 0.29) is 17.3 Å². The molecule has 7 heteroatoms. The van der Waals surface area contributed by atoms with E-state index in [2.05, 4.69) is 9.88 Å². The normalized spacial score (nSPS) is 15.6. The molecule has 0 saturated heterocycles. The van der Waals surface area contributed by atoms with E-state index in [4.69, 9.17) is 9.63 Å². The fourth-order valence-electron chi connectivity index (χ4n) is 1.78. The van der Waals surface area contributed by atoms with Crippen molar-refractivity contribution in [3.8, 4) is 0 Å². The molecule has 1 rings (SSSR count). The van der Waals surface area contributed by atoms with Crippen LogP contribution in [0.3, 0.4) is 0 Å². The Hall–Kier alpha value is -0.920. The van der Waals surface area contributed by atoms with E-state index in [1.54, 1.807) is 20.8 Å². The summed E-state index contributed by atoms with van der Waals surface area (Å²) in [6, 6.07) is 0. The Balaban J connectivity index is 3.09. The second kappa shape index (κ2) is 5.38. The van der Waals surface area contributed by atoms with Crippen molar-refractivity contribution >= 4 is 10.0 Å². The van der Waals surface area contributed by atoms with Crippen molar-refractivity contribution in [3.63, 3.8) is 0 Å². The van der Waals surface area contributed by atoms with Gasteiger partial charge >= 0.3 is 0 Å². The summed E-state index contributed by atoms with van der Waals surface area (Å²) in [5, 5.41) is 12.6. The maximum atomic E-state index is 12.3. The Morgan fingerprint density at radius 3 is 2.44 bits per heavy atom. The molecule has 1 heterocycles. The van der Waals surface area contributed by atoms with Crippen LogP contribution in [-0.4, -0.2) is 30.8 Å². The van der Waals surface area contributed by atoms with Crippen LogP contribution in [-0.2, 0) is 10.0 Å². The molecular weight excluding hydrogens is 256 g/mol. The molecule has 0 aromatic carbocycles. The van der Waals surface area contributed by atoms with Gasteiger partial charge < -0.3 is 9.63 Å². The molecule has 0 aliphatic rings. The maximum Gasteiger partial charge on any atom is 0.246 e. The minimum Gasteiger partial charge on any atom is -0.396 e. The average Bonchev–Trinajstić information content (AvgIpc) is 2.58. The molecule has 0 aliphatic heterocycles. The fourth-order valence-corrected chi connectivity index (χ4v) is 3.62. The monoisotopic (exact) mass is 276 g/mol. The lowest BCUT2D eigenvalue weighted by molar-refractivity contribution is 0.233. The zero-order chi connectivity index (χ0) is 14.0. The number of sulfonamides is 1. The number of aromatic nitrogens is 1. The first-order chi connectivity index (χ1) is 8.25. The van der Waals surface area contributed by atoms with Crippen molar-refractivity contribution < 1.29 is 18.0 Å². The summed E-state index contributed by atoms with van der Waals surface area (Å²) < 4.78 is 32.1. The molecule has 2 N–H and O–H groups in total. The number of aliphatic hydroxyl groups excluding tert-OH is 1. The lowest BCUT2D eigenvalue weighted by Crippen LogP contribution is -2.46. The van der Waals surface area contributed by atoms with E-state index in [1.807, 2.05) is 6.92 Å². The number of nitrogens with zero attached hydrogens (tertiary/aromatic N) is 1. The summed E-state index contributed by atoms with van der Waals surface area (Å²) in [6.07, 6.45) is 0.933. The van der Waals surface area contributed by atoms with Gasteiger partial charge in [0.15, 0.2) is 5.76 Å². The van der Waals surface area contributed by atoms with Gasteiger partial charge in [0.1, 0.15) is 10.6 Å². The van der Waals surface area contributed by atoms with E-state index < -0.39 is 15.6 Å². The van der Waals surface area contributed by atoms with Crippen LogP contribution in [0.15, 0.2) is 9.42 Å². The third-order valence-corrected chi connectivity index (χ3v) is 4.94. The summed E-state index contributed by atoms with van der Waals surface area (Å²) in [5.74, 6) is 0.266. The quantitative estimate of drug-likeness (QED) is 0.812. The standard InChI is InChI=1S/C11H20N2O4S/c1-5-11(4,6-7-14)13-18(15,16)10-8(2)12-17-9(10)3/h13-14H,5-7H2,1-4H3. The number of hydrogen-bond acceptors (Lipinski definition) is 5. The van der Waals surface area contributed by atoms with Crippen molar-refractivity contribution in [1.82, 2.24) is 9.88 Å². The average molecular weight is 276 g/mol. The van der Waals surface area contributed by atoms with Crippen molar-refractivity contribution in [2.75, 3.05) is 6.61 Å². The molecule has 0 radical (unpaired) electrons. The SMILES string of the molecule is CCC(C)(CCO)NS(=O)(=O)c1c(C)noc1C. The predicted octanol–water partition coefficient (Wildman–Crippen LogP) is 1.12. The molecule has 0 bridgehead atoms. The van der Waals surface area contributed by atoms with Crippen LogP contribution in [0.2, 0.25) is 0 Å². The first-order valence-electron chi connectivity index (χ1n) is 5.83. The van der Waals surface area contributed by atoms with Crippen LogP contribution < -0.4 is 4.72 Å². The lowest BCUT2D eigenvalue weighted by Gasteiger charge is -2.28. The first-order valence-corrected chi connectivity index (χ1v) is 7.32. The number of aliphatic hydroxyl groups is 1. The summed E-state index contributed by atoms with van der Waals surface area (Å²) >= 11 is 0. The molecule has 1 atom stereocenters. The zero-order valence-electron chi connectivity index (χ0n) is 11.1. The third kappa shape index (κ3) is 3.09. The molecule has 0 amide bonds. The number of nitrogens with one attached hydrogen (secondary N) is 1. The lowest BCUT2D eigenvalue weighted by atomic mass is 9.97. The first kappa shape index (κ1) is 15.1. The van der Waals surface area contributed by atoms with Crippen molar-refractivity contribution in [2.24, 2.45) is 0 Å². The maximum absolute atomic E-state index is 12.3. The Bertz CT molecular complexity index is 490. The molecule has 0 saturated carbocycles. The van der Waals surface area contributed by atoms with E-state index in [9.17, 15) is 8.42 Å². The third-order valence-electron chi connectivity index (χ3n) is 3.06. The van der Waals surface area contributed by atoms with Crippen molar-refractivity contribution in [2.45, 2.75) is 51.0 Å². The summed E-state index contributed by atoms with van der Waals surface area (Å²) in [6.45, 7) is 6.70. The van der Waals surface area contributed by atoms with Crippen LogP contribution in [0, 0.1) is 13.8 Å². The zero-order valence-corrected chi connectivity index (χ0v) is 12.0. The summed E-state index contributed by atoms with van der Waals surface area (Å²) in [4.78, 5) is 0.0834. The Morgan fingerprint density at radius 2 is 2.06 bits per heavy atom. The molecule has 0 spiro atoms. The molecule has 0 fully saturated rings. The van der Waals surface area contributed by atoms with Crippen LogP contribution in [0.5, 0.6) is 0 Å². The molecule has 18 heavy (non-hydrogen) atoms. The van der Waals surface area contributed by atoms with Crippen LogP contribution in [0.1, 0.15) is 38.1 Å². The van der Waals surface area contributed by atoms with E-state index in [0.717, 1.165) is 0 Å². The van der Waals surface area contributed by atoms with Gasteiger partial charge in [-0.25, -0.2) is 13.1 Å². The van der Waals surface area contributed by atoms with Gasteiger partial charge in [-0.2, -0.15) is 0 Å². The van der Waals surface area contributed by atoms with Crippen LogP contribution >= 0.6 is 0 Å². The highest BCUT2D eigenvalue weighted by Gasteiger charge is 2.32. The van der Waals surface area contributed by atoms with E-state index in [0.29, 0.717) is 18.5 Å². The molecule has 1 unspecified atom stereocenters.